The predicted molar refractivity (Wildman–Crippen MR) is 77.6 cm³/mol. The van der Waals surface area contributed by atoms with Gasteiger partial charge in [0.05, 0.1) is 18.8 Å². The highest BCUT2D eigenvalue weighted by Crippen LogP contribution is 2.33. The van der Waals surface area contributed by atoms with Crippen molar-refractivity contribution in [2.75, 3.05) is 45.2 Å². The summed E-state index contributed by atoms with van der Waals surface area (Å²) in [6.07, 6.45) is 1.25. The van der Waals surface area contributed by atoms with Gasteiger partial charge in [-0.05, 0) is 30.7 Å². The first-order valence-electron chi connectivity index (χ1n) is 7.06. The van der Waals surface area contributed by atoms with Gasteiger partial charge in [-0.2, -0.15) is 0 Å². The summed E-state index contributed by atoms with van der Waals surface area (Å²) in [5.74, 6) is 0. The highest BCUT2D eigenvalue weighted by atomic mass is 16.5. The predicted octanol–water partition coefficient (Wildman–Crippen LogP) is 1.01. The first-order valence-corrected chi connectivity index (χ1v) is 7.06. The van der Waals surface area contributed by atoms with E-state index in [2.05, 4.69) is 42.1 Å². The molecule has 19 heavy (non-hydrogen) atoms. The Morgan fingerprint density at radius 1 is 1.32 bits per heavy atom. The number of nitrogens with two attached hydrogens (primary N) is 1. The number of morpholine rings is 1. The van der Waals surface area contributed by atoms with Crippen LogP contribution in [0.25, 0.3) is 0 Å². The molecule has 2 aliphatic rings. The van der Waals surface area contributed by atoms with Gasteiger partial charge in [0.15, 0.2) is 0 Å². The van der Waals surface area contributed by atoms with Crippen molar-refractivity contribution in [3.8, 4) is 0 Å². The molecule has 2 unspecified atom stereocenters. The number of ether oxygens (including phenoxy) is 1. The first kappa shape index (κ1) is 12.9. The van der Waals surface area contributed by atoms with Crippen molar-refractivity contribution in [3.63, 3.8) is 0 Å². The number of hydrogen-bond acceptors (Lipinski definition) is 4. The highest BCUT2D eigenvalue weighted by Gasteiger charge is 2.31. The quantitative estimate of drug-likeness (QED) is 0.863. The van der Waals surface area contributed by atoms with Crippen LogP contribution in [0.3, 0.4) is 0 Å². The molecule has 2 heterocycles. The summed E-state index contributed by atoms with van der Waals surface area (Å²) in [4.78, 5) is 4.68. The smallest absolute Gasteiger partial charge is 0.0894 e. The third-order valence-corrected chi connectivity index (χ3v) is 4.41. The van der Waals surface area contributed by atoms with E-state index in [0.29, 0.717) is 6.54 Å². The van der Waals surface area contributed by atoms with Crippen LogP contribution >= 0.6 is 0 Å². The fraction of sp³-hybridized carbons (Fsp3) is 0.600. The van der Waals surface area contributed by atoms with Crippen molar-refractivity contribution >= 4 is 5.69 Å². The number of likely N-dealkylation sites (N-methyl/N-ethyl adjacent to an activating group) is 2. The van der Waals surface area contributed by atoms with Gasteiger partial charge in [0.25, 0.3) is 0 Å². The third kappa shape index (κ3) is 2.24. The molecule has 2 atom stereocenters. The van der Waals surface area contributed by atoms with Crippen LogP contribution in [-0.2, 0) is 11.2 Å². The zero-order valence-corrected chi connectivity index (χ0v) is 11.8. The fourth-order valence-electron chi connectivity index (χ4n) is 3.30. The van der Waals surface area contributed by atoms with Crippen molar-refractivity contribution in [2.24, 2.45) is 5.73 Å². The normalized spacial score (nSPS) is 27.6. The first-order chi connectivity index (χ1) is 9.20. The van der Waals surface area contributed by atoms with E-state index in [4.69, 9.17) is 10.5 Å². The van der Waals surface area contributed by atoms with E-state index in [9.17, 15) is 0 Å². The molecule has 0 amide bonds. The molecule has 3 rings (SSSR count). The molecule has 0 aromatic heterocycles. The molecule has 1 aromatic carbocycles. The van der Waals surface area contributed by atoms with Crippen molar-refractivity contribution in [1.29, 1.82) is 0 Å². The van der Waals surface area contributed by atoms with Crippen LogP contribution in [-0.4, -0.2) is 51.3 Å². The molecule has 104 valence electrons. The SMILES string of the molecule is CN1CCc2cc(C3C(CN)OCCN3C)ccc21. The number of hydrogen-bond donors (Lipinski definition) is 1. The van der Waals surface area contributed by atoms with Crippen LogP contribution in [0.15, 0.2) is 18.2 Å². The minimum absolute atomic E-state index is 0.107. The van der Waals surface area contributed by atoms with Gasteiger partial charge in [-0.1, -0.05) is 12.1 Å². The van der Waals surface area contributed by atoms with E-state index in [1.54, 1.807) is 0 Å². The van der Waals surface area contributed by atoms with E-state index in [0.717, 1.165) is 26.1 Å². The van der Waals surface area contributed by atoms with Crippen LogP contribution < -0.4 is 10.6 Å². The lowest BCUT2D eigenvalue weighted by Gasteiger charge is -2.39. The Balaban J connectivity index is 1.92. The van der Waals surface area contributed by atoms with Crippen molar-refractivity contribution < 1.29 is 4.74 Å². The molecule has 4 nitrogen and oxygen atoms in total. The maximum absolute atomic E-state index is 5.87. The van der Waals surface area contributed by atoms with Crippen molar-refractivity contribution in [1.82, 2.24) is 4.90 Å². The zero-order valence-electron chi connectivity index (χ0n) is 11.8. The standard InChI is InChI=1S/C15H23N3O/c1-17-6-5-11-9-12(3-4-13(11)17)15-14(10-16)19-8-7-18(15)2/h3-4,9,14-15H,5-8,10,16H2,1-2H3. The second-order valence-electron chi connectivity index (χ2n) is 5.63. The summed E-state index contributed by atoms with van der Waals surface area (Å²) in [5, 5.41) is 0. The second kappa shape index (κ2) is 5.12. The minimum Gasteiger partial charge on any atom is -0.374 e. The fourth-order valence-corrected chi connectivity index (χ4v) is 3.30. The molecule has 0 saturated carbocycles. The van der Waals surface area contributed by atoms with Crippen LogP contribution in [0.1, 0.15) is 17.2 Å². The summed E-state index contributed by atoms with van der Waals surface area (Å²) in [7, 11) is 4.32. The Bertz CT molecular complexity index is 463. The summed E-state index contributed by atoms with van der Waals surface area (Å²) in [5.41, 5.74) is 10.0. The van der Waals surface area contributed by atoms with Crippen molar-refractivity contribution in [3.05, 3.63) is 29.3 Å². The summed E-state index contributed by atoms with van der Waals surface area (Å²) >= 11 is 0. The Morgan fingerprint density at radius 2 is 2.16 bits per heavy atom. The molecule has 2 aliphatic heterocycles. The van der Waals surface area contributed by atoms with Gasteiger partial charge in [-0.15, -0.1) is 0 Å². The molecule has 0 spiro atoms. The third-order valence-electron chi connectivity index (χ3n) is 4.41. The summed E-state index contributed by atoms with van der Waals surface area (Å²) in [6, 6.07) is 7.11. The van der Waals surface area contributed by atoms with E-state index >= 15 is 0 Å². The summed E-state index contributed by atoms with van der Waals surface area (Å²) < 4.78 is 5.83. The molecular formula is C15H23N3O. The van der Waals surface area contributed by atoms with E-state index < -0.39 is 0 Å². The number of anilines is 1. The lowest BCUT2D eigenvalue weighted by molar-refractivity contribution is -0.0576. The minimum atomic E-state index is 0.107. The van der Waals surface area contributed by atoms with Crippen LogP contribution in [0.5, 0.6) is 0 Å². The van der Waals surface area contributed by atoms with Gasteiger partial charge in [-0.3, -0.25) is 4.90 Å². The highest BCUT2D eigenvalue weighted by molar-refractivity contribution is 5.58. The topological polar surface area (TPSA) is 41.7 Å². The van der Waals surface area contributed by atoms with Gasteiger partial charge < -0.3 is 15.4 Å². The molecule has 0 radical (unpaired) electrons. The number of fused-ring (bicyclic) bond motifs is 1. The Kier molecular flexibility index (Phi) is 3.48. The Labute approximate surface area is 115 Å². The van der Waals surface area contributed by atoms with E-state index in [-0.39, 0.29) is 12.1 Å². The maximum Gasteiger partial charge on any atom is 0.0894 e. The van der Waals surface area contributed by atoms with Gasteiger partial charge in [0.1, 0.15) is 0 Å². The van der Waals surface area contributed by atoms with Crippen LogP contribution in [0, 0.1) is 0 Å². The van der Waals surface area contributed by atoms with Gasteiger partial charge in [0, 0.05) is 32.4 Å². The van der Waals surface area contributed by atoms with Gasteiger partial charge in [0.2, 0.25) is 0 Å². The van der Waals surface area contributed by atoms with Crippen LogP contribution in [0.4, 0.5) is 5.69 Å². The Hall–Kier alpha value is -1.10. The molecule has 0 aliphatic carbocycles. The second-order valence-corrected chi connectivity index (χ2v) is 5.63. The molecule has 4 heteroatoms. The molecule has 0 bridgehead atoms. The van der Waals surface area contributed by atoms with Gasteiger partial charge in [-0.25, -0.2) is 0 Å². The van der Waals surface area contributed by atoms with E-state index in [1.807, 2.05) is 0 Å². The van der Waals surface area contributed by atoms with Gasteiger partial charge >= 0.3 is 0 Å². The monoisotopic (exact) mass is 261 g/mol. The van der Waals surface area contributed by atoms with Crippen LogP contribution in [0.2, 0.25) is 0 Å². The lowest BCUT2D eigenvalue weighted by Crippen LogP contribution is -2.46. The number of rotatable bonds is 2. The van der Waals surface area contributed by atoms with Crippen molar-refractivity contribution in [2.45, 2.75) is 18.6 Å². The average Bonchev–Trinajstić information content (AvgIpc) is 2.79. The maximum atomic E-state index is 5.87. The lowest BCUT2D eigenvalue weighted by atomic mass is 9.96. The molecule has 1 aromatic rings. The molecular weight excluding hydrogens is 238 g/mol. The number of nitrogens with zero attached hydrogens (tertiary/aromatic N) is 2. The largest absolute Gasteiger partial charge is 0.374 e. The molecule has 2 N–H and O–H groups in total. The molecule has 1 fully saturated rings. The zero-order chi connectivity index (χ0) is 13.4. The molecule has 1 saturated heterocycles. The Morgan fingerprint density at radius 3 is 2.95 bits per heavy atom. The summed E-state index contributed by atoms with van der Waals surface area (Å²) in [6.45, 7) is 3.45. The number of benzene rings is 1. The average molecular weight is 261 g/mol. The van der Waals surface area contributed by atoms with E-state index in [1.165, 1.54) is 16.8 Å².